The molecule has 144 valence electrons. The zero-order chi connectivity index (χ0) is 19.5. The predicted octanol–water partition coefficient (Wildman–Crippen LogP) is 8.15. The average Bonchev–Trinajstić information content (AvgIpc) is 3.18. The highest BCUT2D eigenvalue weighted by atomic mass is 19.1. The van der Waals surface area contributed by atoms with Gasteiger partial charge in [0.15, 0.2) is 0 Å². The molecule has 0 aromatic heterocycles. The Kier molecular flexibility index (Phi) is 5.62. The van der Waals surface area contributed by atoms with E-state index >= 15 is 0 Å². The number of aryl methyl sites for hydroxylation is 1. The fourth-order valence-corrected chi connectivity index (χ4v) is 4.66. The van der Waals surface area contributed by atoms with Gasteiger partial charge in [-0.1, -0.05) is 86.0 Å². The maximum absolute atomic E-state index is 14.8. The third-order valence-corrected chi connectivity index (χ3v) is 6.29. The second-order valence-electron chi connectivity index (χ2n) is 8.35. The van der Waals surface area contributed by atoms with Crippen molar-refractivity contribution in [2.45, 2.75) is 51.9 Å². The summed E-state index contributed by atoms with van der Waals surface area (Å²) in [5, 5.41) is 0. The summed E-state index contributed by atoms with van der Waals surface area (Å²) >= 11 is 0. The van der Waals surface area contributed by atoms with Crippen molar-refractivity contribution in [3.05, 3.63) is 83.7 Å². The fraction of sp³-hybridized carbons (Fsp3) is 0.333. The van der Waals surface area contributed by atoms with Gasteiger partial charge in [-0.05, 0) is 66.3 Å². The zero-order valence-corrected chi connectivity index (χ0v) is 16.9. The molecular formula is C27H29F. The molecule has 0 N–H and O–H groups in total. The van der Waals surface area contributed by atoms with Crippen LogP contribution in [0.15, 0.2) is 66.7 Å². The lowest BCUT2D eigenvalue weighted by Gasteiger charge is -2.13. The van der Waals surface area contributed by atoms with Gasteiger partial charge in [-0.3, -0.25) is 0 Å². The number of hydrogen-bond acceptors (Lipinski definition) is 0. The molecule has 0 bridgehead atoms. The van der Waals surface area contributed by atoms with Gasteiger partial charge in [0.05, 0.1) is 0 Å². The zero-order valence-electron chi connectivity index (χ0n) is 16.9. The molecule has 4 rings (SSSR count). The van der Waals surface area contributed by atoms with E-state index in [2.05, 4.69) is 50.2 Å². The molecule has 0 aliphatic heterocycles. The van der Waals surface area contributed by atoms with Gasteiger partial charge < -0.3 is 0 Å². The van der Waals surface area contributed by atoms with Gasteiger partial charge in [0.2, 0.25) is 0 Å². The first-order chi connectivity index (χ1) is 13.6. The largest absolute Gasteiger partial charge is 0.206 e. The van der Waals surface area contributed by atoms with Crippen LogP contribution < -0.4 is 0 Å². The van der Waals surface area contributed by atoms with Gasteiger partial charge in [-0.15, -0.1) is 0 Å². The molecule has 2 unspecified atom stereocenters. The van der Waals surface area contributed by atoms with E-state index in [9.17, 15) is 4.39 Å². The minimum atomic E-state index is -0.158. The maximum Gasteiger partial charge on any atom is 0.131 e. The Morgan fingerprint density at radius 2 is 1.50 bits per heavy atom. The van der Waals surface area contributed by atoms with Crippen LogP contribution in [-0.4, -0.2) is 0 Å². The van der Waals surface area contributed by atoms with E-state index in [0.717, 1.165) is 22.6 Å². The van der Waals surface area contributed by atoms with Crippen LogP contribution in [0.5, 0.6) is 0 Å². The molecule has 3 aromatic rings. The molecule has 1 saturated carbocycles. The summed E-state index contributed by atoms with van der Waals surface area (Å²) < 4.78 is 14.8. The van der Waals surface area contributed by atoms with Crippen molar-refractivity contribution in [2.24, 2.45) is 5.92 Å². The van der Waals surface area contributed by atoms with Crippen molar-refractivity contribution in [3.8, 4) is 22.3 Å². The molecule has 28 heavy (non-hydrogen) atoms. The second kappa shape index (κ2) is 8.31. The van der Waals surface area contributed by atoms with Gasteiger partial charge in [-0.2, -0.15) is 0 Å². The quantitative estimate of drug-likeness (QED) is 0.424. The third kappa shape index (κ3) is 4.04. The Morgan fingerprint density at radius 1 is 0.821 bits per heavy atom. The first kappa shape index (κ1) is 18.9. The summed E-state index contributed by atoms with van der Waals surface area (Å²) in [6.45, 7) is 4.34. The fourth-order valence-electron chi connectivity index (χ4n) is 4.66. The number of hydrogen-bond donors (Lipinski definition) is 0. The van der Waals surface area contributed by atoms with Crippen LogP contribution >= 0.6 is 0 Å². The highest BCUT2D eigenvalue weighted by Gasteiger charge is 2.25. The van der Waals surface area contributed by atoms with Gasteiger partial charge in [0.1, 0.15) is 5.82 Å². The van der Waals surface area contributed by atoms with Crippen LogP contribution in [0.3, 0.4) is 0 Å². The lowest BCUT2D eigenvalue weighted by molar-refractivity contribution is 0.489. The molecule has 0 heterocycles. The van der Waals surface area contributed by atoms with Crippen molar-refractivity contribution in [1.82, 2.24) is 0 Å². The summed E-state index contributed by atoms with van der Waals surface area (Å²) in [5.41, 5.74) is 6.24. The molecule has 0 amide bonds. The Balaban J connectivity index is 1.52. The van der Waals surface area contributed by atoms with Crippen molar-refractivity contribution in [2.75, 3.05) is 0 Å². The van der Waals surface area contributed by atoms with Gasteiger partial charge in [0.25, 0.3) is 0 Å². The molecule has 2 atom stereocenters. The van der Waals surface area contributed by atoms with E-state index in [4.69, 9.17) is 0 Å². The van der Waals surface area contributed by atoms with Crippen molar-refractivity contribution >= 4 is 0 Å². The first-order valence-corrected chi connectivity index (χ1v) is 10.6. The van der Waals surface area contributed by atoms with Crippen molar-refractivity contribution in [3.63, 3.8) is 0 Å². The number of halogens is 1. The average molecular weight is 373 g/mol. The smallest absolute Gasteiger partial charge is 0.131 e. The third-order valence-electron chi connectivity index (χ3n) is 6.29. The Bertz CT molecular complexity index is 921. The maximum atomic E-state index is 14.8. The lowest BCUT2D eigenvalue weighted by atomic mass is 9.92. The Morgan fingerprint density at radius 3 is 2.18 bits per heavy atom. The Labute approximate surface area is 168 Å². The molecule has 0 saturated heterocycles. The normalized spacial score (nSPS) is 19.1. The van der Waals surface area contributed by atoms with Gasteiger partial charge >= 0.3 is 0 Å². The SMILES string of the molecule is CCCC1CCC(c2ccc(-c3ccc(-c4ccc(C)cc4)cc3F)cc2)C1. The number of rotatable bonds is 5. The van der Waals surface area contributed by atoms with Crippen LogP contribution in [-0.2, 0) is 0 Å². The summed E-state index contributed by atoms with van der Waals surface area (Å²) in [6, 6.07) is 22.4. The van der Waals surface area contributed by atoms with E-state index in [1.807, 2.05) is 24.3 Å². The molecule has 1 heteroatoms. The van der Waals surface area contributed by atoms with Crippen LogP contribution in [0.25, 0.3) is 22.3 Å². The molecule has 0 nitrogen and oxygen atoms in total. The van der Waals surface area contributed by atoms with Gasteiger partial charge in [0, 0.05) is 5.56 Å². The minimum absolute atomic E-state index is 0.158. The summed E-state index contributed by atoms with van der Waals surface area (Å²) in [6.07, 6.45) is 6.60. The lowest BCUT2D eigenvalue weighted by Crippen LogP contribution is -1.96. The number of benzene rings is 3. The summed E-state index contributed by atoms with van der Waals surface area (Å²) in [4.78, 5) is 0. The van der Waals surface area contributed by atoms with Crippen LogP contribution in [0, 0.1) is 18.7 Å². The van der Waals surface area contributed by atoms with E-state index < -0.39 is 0 Å². The molecule has 3 aromatic carbocycles. The predicted molar refractivity (Wildman–Crippen MR) is 117 cm³/mol. The summed E-state index contributed by atoms with van der Waals surface area (Å²) in [5.74, 6) is 1.41. The molecular weight excluding hydrogens is 343 g/mol. The molecule has 0 radical (unpaired) electrons. The van der Waals surface area contributed by atoms with Crippen LogP contribution in [0.1, 0.15) is 56.1 Å². The van der Waals surface area contributed by atoms with Gasteiger partial charge in [-0.25, -0.2) is 4.39 Å². The highest BCUT2D eigenvalue weighted by Crippen LogP contribution is 2.40. The Hall–Kier alpha value is -2.41. The molecule has 1 aliphatic rings. The molecule has 1 aliphatic carbocycles. The standard InChI is InChI=1S/C27H29F/c1-3-4-20-7-10-24(17-20)22-11-13-23(14-12-22)26-16-15-25(18-27(26)28)21-8-5-19(2)6-9-21/h5-6,8-9,11-16,18,20,24H,3-4,7,10,17H2,1-2H3. The van der Waals surface area contributed by atoms with E-state index in [0.29, 0.717) is 11.5 Å². The van der Waals surface area contributed by atoms with Crippen LogP contribution in [0.2, 0.25) is 0 Å². The minimum Gasteiger partial charge on any atom is -0.206 e. The van der Waals surface area contributed by atoms with E-state index in [1.54, 1.807) is 6.07 Å². The molecule has 1 fully saturated rings. The second-order valence-corrected chi connectivity index (χ2v) is 8.35. The first-order valence-electron chi connectivity index (χ1n) is 10.6. The summed E-state index contributed by atoms with van der Waals surface area (Å²) in [7, 11) is 0. The van der Waals surface area contributed by atoms with E-state index in [-0.39, 0.29) is 5.82 Å². The topological polar surface area (TPSA) is 0 Å². The van der Waals surface area contributed by atoms with Crippen molar-refractivity contribution in [1.29, 1.82) is 0 Å². The van der Waals surface area contributed by atoms with Crippen molar-refractivity contribution < 1.29 is 4.39 Å². The van der Waals surface area contributed by atoms with Crippen LogP contribution in [0.4, 0.5) is 4.39 Å². The molecule has 0 spiro atoms. The van der Waals surface area contributed by atoms with E-state index in [1.165, 1.54) is 43.2 Å². The monoisotopic (exact) mass is 372 g/mol. The highest BCUT2D eigenvalue weighted by molar-refractivity contribution is 5.71.